The number of β-amino-alcohol motifs (C(OH)–C–C–N with tert-alkyl or cyclic N) is 1. The number of piperidine rings is 1. The lowest BCUT2D eigenvalue weighted by Crippen LogP contribution is -2.44. The summed E-state index contributed by atoms with van der Waals surface area (Å²) in [6.07, 6.45) is 1.80. The van der Waals surface area contributed by atoms with Crippen LogP contribution in [0.5, 0.6) is 0 Å². The number of rotatable bonds is 4. The van der Waals surface area contributed by atoms with Gasteiger partial charge in [-0.3, -0.25) is 9.69 Å². The summed E-state index contributed by atoms with van der Waals surface area (Å²) in [5, 5.41) is 20.3. The highest BCUT2D eigenvalue weighted by Crippen LogP contribution is 2.08. The molecule has 0 aromatic rings. The molecule has 0 aromatic carbocycles. The number of nitrogens with one attached hydrogen (secondary N) is 1. The van der Waals surface area contributed by atoms with Gasteiger partial charge in [-0.15, -0.1) is 0 Å². The third kappa shape index (κ3) is 4.77. The van der Waals surface area contributed by atoms with Crippen LogP contribution in [0.25, 0.3) is 0 Å². The molecule has 1 fully saturated rings. The van der Waals surface area contributed by atoms with Gasteiger partial charge in [0.1, 0.15) is 0 Å². The van der Waals surface area contributed by atoms with Crippen LogP contribution in [0.2, 0.25) is 0 Å². The average Bonchev–Trinajstić information content (AvgIpc) is 2.18. The zero-order chi connectivity index (χ0) is 11.1. The number of aliphatic hydroxyl groups excluding tert-OH is 1. The van der Waals surface area contributed by atoms with Crippen molar-refractivity contribution in [2.45, 2.75) is 25.4 Å². The molecule has 1 rings (SSSR count). The highest BCUT2D eigenvalue weighted by molar-refractivity contribution is 5.78. The number of nitrogens with zero attached hydrogens (tertiary/aromatic N) is 2. The summed E-state index contributed by atoms with van der Waals surface area (Å²) in [4.78, 5) is 13.3. The van der Waals surface area contributed by atoms with Crippen LogP contribution in [0, 0.1) is 11.3 Å². The van der Waals surface area contributed by atoms with Crippen molar-refractivity contribution in [2.75, 3.05) is 26.2 Å². The van der Waals surface area contributed by atoms with Crippen molar-refractivity contribution in [1.82, 2.24) is 10.2 Å². The van der Waals surface area contributed by atoms with Gasteiger partial charge >= 0.3 is 0 Å². The maximum atomic E-state index is 11.3. The molecule has 1 atom stereocenters. The molecule has 1 unspecified atom stereocenters. The van der Waals surface area contributed by atoms with Gasteiger partial charge in [0.25, 0.3) is 0 Å². The van der Waals surface area contributed by atoms with Crippen molar-refractivity contribution < 1.29 is 9.90 Å². The van der Waals surface area contributed by atoms with Crippen LogP contribution in [-0.4, -0.2) is 48.2 Å². The Bertz CT molecular complexity index is 250. The van der Waals surface area contributed by atoms with Gasteiger partial charge in [-0.1, -0.05) is 0 Å². The van der Waals surface area contributed by atoms with Crippen molar-refractivity contribution in [2.24, 2.45) is 0 Å². The van der Waals surface area contributed by atoms with E-state index < -0.39 is 0 Å². The first-order chi connectivity index (χ1) is 7.22. The van der Waals surface area contributed by atoms with Gasteiger partial charge in [0.15, 0.2) is 0 Å². The predicted octanol–water partition coefficient (Wildman–Crippen LogP) is -0.527. The van der Waals surface area contributed by atoms with Crippen molar-refractivity contribution in [3.8, 4) is 6.07 Å². The summed E-state index contributed by atoms with van der Waals surface area (Å²) >= 11 is 0. The van der Waals surface area contributed by atoms with E-state index in [1.54, 1.807) is 0 Å². The minimum Gasteiger partial charge on any atom is -0.392 e. The van der Waals surface area contributed by atoms with Crippen molar-refractivity contribution in [3.63, 3.8) is 0 Å². The number of hydrogen-bond acceptors (Lipinski definition) is 4. The molecule has 0 aliphatic carbocycles. The van der Waals surface area contributed by atoms with Crippen LogP contribution < -0.4 is 5.32 Å². The van der Waals surface area contributed by atoms with Gasteiger partial charge < -0.3 is 10.4 Å². The molecule has 1 amide bonds. The van der Waals surface area contributed by atoms with Crippen LogP contribution in [0.4, 0.5) is 0 Å². The van der Waals surface area contributed by atoms with Gasteiger partial charge in [0.05, 0.1) is 25.1 Å². The number of aliphatic hydroxyl groups is 1. The molecule has 0 spiro atoms. The standard InChI is InChI=1S/C10H17N3O2/c11-4-2-5-12-10(15)8-13-6-1-3-9(14)7-13/h9,14H,1-3,5-8H2,(H,12,15). The van der Waals surface area contributed by atoms with Gasteiger partial charge in [-0.25, -0.2) is 0 Å². The summed E-state index contributed by atoms with van der Waals surface area (Å²) < 4.78 is 0. The lowest BCUT2D eigenvalue weighted by Gasteiger charge is -2.29. The molecule has 0 radical (unpaired) electrons. The lowest BCUT2D eigenvalue weighted by atomic mass is 10.1. The molecule has 1 aliphatic heterocycles. The van der Waals surface area contributed by atoms with Crippen LogP contribution in [0.3, 0.4) is 0 Å². The maximum absolute atomic E-state index is 11.3. The molecule has 0 bridgehead atoms. The topological polar surface area (TPSA) is 76.4 Å². The quantitative estimate of drug-likeness (QED) is 0.613. The number of likely N-dealkylation sites (tertiary alicyclic amines) is 1. The van der Waals surface area contributed by atoms with Gasteiger partial charge in [0.2, 0.25) is 5.91 Å². The Morgan fingerprint density at radius 3 is 3.13 bits per heavy atom. The largest absolute Gasteiger partial charge is 0.392 e. The third-order valence-corrected chi connectivity index (χ3v) is 2.41. The van der Waals surface area contributed by atoms with Gasteiger partial charge in [-0.2, -0.15) is 5.26 Å². The summed E-state index contributed by atoms with van der Waals surface area (Å²) in [6.45, 7) is 2.17. The molecule has 2 N–H and O–H groups in total. The van der Waals surface area contributed by atoms with E-state index in [0.717, 1.165) is 19.4 Å². The summed E-state index contributed by atoms with van der Waals surface area (Å²) in [7, 11) is 0. The molecule has 15 heavy (non-hydrogen) atoms. The van der Waals surface area contributed by atoms with Crippen LogP contribution >= 0.6 is 0 Å². The number of carbonyl (C=O) groups excluding carboxylic acids is 1. The highest BCUT2D eigenvalue weighted by Gasteiger charge is 2.19. The first kappa shape index (κ1) is 12.0. The summed E-state index contributed by atoms with van der Waals surface area (Å²) in [6, 6.07) is 1.97. The normalized spacial score (nSPS) is 22.0. The SMILES string of the molecule is N#CCCNC(=O)CN1CCCC(O)C1. The second-order valence-electron chi connectivity index (χ2n) is 3.79. The monoisotopic (exact) mass is 211 g/mol. The Morgan fingerprint density at radius 1 is 1.67 bits per heavy atom. The molecule has 0 aromatic heterocycles. The van der Waals surface area contributed by atoms with E-state index in [0.29, 0.717) is 26.1 Å². The summed E-state index contributed by atoms with van der Waals surface area (Å²) in [5.41, 5.74) is 0. The van der Waals surface area contributed by atoms with E-state index >= 15 is 0 Å². The molecule has 1 aliphatic rings. The van der Waals surface area contributed by atoms with Gasteiger partial charge in [-0.05, 0) is 19.4 Å². The number of nitriles is 1. The molecular weight excluding hydrogens is 194 g/mol. The van der Waals surface area contributed by atoms with Crippen molar-refractivity contribution >= 4 is 5.91 Å². The lowest BCUT2D eigenvalue weighted by molar-refractivity contribution is -0.122. The van der Waals surface area contributed by atoms with E-state index in [1.807, 2.05) is 11.0 Å². The van der Waals surface area contributed by atoms with Crippen LogP contribution in [-0.2, 0) is 4.79 Å². The Labute approximate surface area is 89.7 Å². The first-order valence-corrected chi connectivity index (χ1v) is 5.26. The smallest absolute Gasteiger partial charge is 0.234 e. The first-order valence-electron chi connectivity index (χ1n) is 5.26. The van der Waals surface area contributed by atoms with Crippen molar-refractivity contribution in [3.05, 3.63) is 0 Å². The van der Waals surface area contributed by atoms with E-state index in [1.165, 1.54) is 0 Å². The average molecular weight is 211 g/mol. The Morgan fingerprint density at radius 2 is 2.47 bits per heavy atom. The molecule has 5 nitrogen and oxygen atoms in total. The molecule has 84 valence electrons. The van der Waals surface area contributed by atoms with E-state index in [-0.39, 0.29) is 12.0 Å². The maximum Gasteiger partial charge on any atom is 0.234 e. The third-order valence-electron chi connectivity index (χ3n) is 2.41. The number of amides is 1. The zero-order valence-corrected chi connectivity index (χ0v) is 8.78. The predicted molar refractivity (Wildman–Crippen MR) is 54.9 cm³/mol. The Hall–Kier alpha value is -1.12. The molecule has 1 heterocycles. The zero-order valence-electron chi connectivity index (χ0n) is 8.78. The second kappa shape index (κ2) is 6.38. The highest BCUT2D eigenvalue weighted by atomic mass is 16.3. The van der Waals surface area contributed by atoms with E-state index in [4.69, 9.17) is 5.26 Å². The minimum atomic E-state index is -0.300. The molecule has 1 saturated heterocycles. The Balaban J connectivity index is 2.16. The Kier molecular flexibility index (Phi) is 5.08. The fraction of sp³-hybridized carbons (Fsp3) is 0.800. The van der Waals surface area contributed by atoms with Crippen molar-refractivity contribution in [1.29, 1.82) is 5.26 Å². The van der Waals surface area contributed by atoms with Crippen LogP contribution in [0.15, 0.2) is 0 Å². The fourth-order valence-corrected chi connectivity index (χ4v) is 1.69. The molecule has 5 heteroatoms. The molecular formula is C10H17N3O2. The fourth-order valence-electron chi connectivity index (χ4n) is 1.69. The van der Waals surface area contributed by atoms with Crippen LogP contribution in [0.1, 0.15) is 19.3 Å². The van der Waals surface area contributed by atoms with E-state index in [2.05, 4.69) is 5.32 Å². The number of carbonyl (C=O) groups is 1. The second-order valence-corrected chi connectivity index (χ2v) is 3.79. The minimum absolute atomic E-state index is 0.0700. The molecule has 0 saturated carbocycles. The van der Waals surface area contributed by atoms with Gasteiger partial charge in [0, 0.05) is 13.1 Å². The summed E-state index contributed by atoms with van der Waals surface area (Å²) in [5.74, 6) is -0.0700. The van der Waals surface area contributed by atoms with E-state index in [9.17, 15) is 9.90 Å². The number of hydrogen-bond donors (Lipinski definition) is 2.